The van der Waals surface area contributed by atoms with E-state index in [1.807, 2.05) is 97.1 Å². The van der Waals surface area contributed by atoms with Crippen LogP contribution in [0.15, 0.2) is 121 Å². The van der Waals surface area contributed by atoms with E-state index in [9.17, 15) is 9.59 Å². The fourth-order valence-corrected chi connectivity index (χ4v) is 11.7. The minimum Gasteiger partial charge on any atom is -0.494 e. The third-order valence-corrected chi connectivity index (χ3v) is 16.0. The summed E-state index contributed by atoms with van der Waals surface area (Å²) in [7, 11) is 0. The van der Waals surface area contributed by atoms with Gasteiger partial charge in [0.2, 0.25) is 0 Å². The number of ether oxygens (including phenoxy) is 4. The second kappa shape index (κ2) is 28.0. The molecular formula is C66H82O6. The summed E-state index contributed by atoms with van der Waals surface area (Å²) in [6, 6.07) is 38.1. The SMILES string of the molecule is CCCCCCC[C@H]1CC[C@H](CCCOc2ccc(C(=O)Oc3ccc4ccccc4c3-c3c(OC(=O)c4ccc(OCCC[C@H]5CC[C@H](CCCCCCC)CC5)cc4)ccc4ccccc34)cc2)CC1. The fourth-order valence-electron chi connectivity index (χ4n) is 11.7. The summed E-state index contributed by atoms with van der Waals surface area (Å²) in [5.41, 5.74) is 2.18. The minimum atomic E-state index is -0.485. The average molecular weight is 971 g/mol. The highest BCUT2D eigenvalue weighted by atomic mass is 16.5. The Hall–Kier alpha value is -5.62. The summed E-state index contributed by atoms with van der Waals surface area (Å²) in [6.45, 7) is 5.90. The molecule has 2 saturated carbocycles. The molecule has 6 aromatic rings. The second-order valence-electron chi connectivity index (χ2n) is 21.3. The van der Waals surface area contributed by atoms with Gasteiger partial charge in [-0.2, -0.15) is 0 Å². The van der Waals surface area contributed by atoms with Gasteiger partial charge in [0.05, 0.1) is 24.3 Å². The van der Waals surface area contributed by atoms with Gasteiger partial charge in [0.15, 0.2) is 0 Å². The topological polar surface area (TPSA) is 71.1 Å². The van der Waals surface area contributed by atoms with E-state index in [0.717, 1.165) is 69.6 Å². The van der Waals surface area contributed by atoms with Gasteiger partial charge in [0, 0.05) is 11.1 Å². The van der Waals surface area contributed by atoms with E-state index in [2.05, 4.69) is 13.8 Å². The molecule has 0 aliphatic heterocycles. The van der Waals surface area contributed by atoms with Gasteiger partial charge in [0.25, 0.3) is 0 Å². The van der Waals surface area contributed by atoms with Crippen LogP contribution in [0, 0.1) is 23.7 Å². The largest absolute Gasteiger partial charge is 0.494 e. The summed E-state index contributed by atoms with van der Waals surface area (Å²) in [4.78, 5) is 28.0. The van der Waals surface area contributed by atoms with E-state index < -0.39 is 11.9 Å². The first-order valence-electron chi connectivity index (χ1n) is 28.4. The molecule has 6 nitrogen and oxygen atoms in total. The normalized spacial score (nSPS) is 18.0. The molecule has 2 aliphatic rings. The third kappa shape index (κ3) is 15.2. The smallest absolute Gasteiger partial charge is 0.343 e. The monoisotopic (exact) mass is 971 g/mol. The Bertz CT molecular complexity index is 2400. The molecule has 382 valence electrons. The van der Waals surface area contributed by atoms with Gasteiger partial charge in [-0.15, -0.1) is 0 Å². The van der Waals surface area contributed by atoms with Crippen molar-refractivity contribution in [2.75, 3.05) is 13.2 Å². The van der Waals surface area contributed by atoms with Crippen molar-refractivity contribution >= 4 is 33.5 Å². The van der Waals surface area contributed by atoms with Crippen LogP contribution in [0.1, 0.15) is 189 Å². The van der Waals surface area contributed by atoms with Crippen LogP contribution in [0.4, 0.5) is 0 Å². The lowest BCUT2D eigenvalue weighted by Gasteiger charge is -2.28. The molecule has 0 amide bonds. The molecule has 0 N–H and O–H groups in total. The van der Waals surface area contributed by atoms with E-state index in [-0.39, 0.29) is 0 Å². The number of fused-ring (bicyclic) bond motifs is 2. The van der Waals surface area contributed by atoms with E-state index in [1.54, 1.807) is 24.3 Å². The highest BCUT2D eigenvalue weighted by Crippen LogP contribution is 2.46. The Balaban J connectivity index is 0.867. The van der Waals surface area contributed by atoms with E-state index in [4.69, 9.17) is 18.9 Å². The lowest BCUT2D eigenvalue weighted by molar-refractivity contribution is 0.0723. The zero-order valence-corrected chi connectivity index (χ0v) is 43.7. The summed E-state index contributed by atoms with van der Waals surface area (Å²) in [5, 5.41) is 3.67. The van der Waals surface area contributed by atoms with Gasteiger partial charge in [-0.1, -0.05) is 203 Å². The molecule has 0 spiro atoms. The van der Waals surface area contributed by atoms with Crippen LogP contribution in [-0.4, -0.2) is 25.2 Å². The summed E-state index contributed by atoms with van der Waals surface area (Å²) in [6.07, 6.45) is 32.1. The Labute approximate surface area is 431 Å². The Kier molecular flexibility index (Phi) is 20.5. The molecule has 0 bridgehead atoms. The first kappa shape index (κ1) is 52.7. The van der Waals surface area contributed by atoms with Crippen molar-refractivity contribution in [2.24, 2.45) is 23.7 Å². The van der Waals surface area contributed by atoms with Crippen LogP contribution in [0.25, 0.3) is 32.7 Å². The first-order valence-corrected chi connectivity index (χ1v) is 28.4. The maximum absolute atomic E-state index is 14.0. The van der Waals surface area contributed by atoms with Crippen LogP contribution in [0.5, 0.6) is 23.0 Å². The van der Waals surface area contributed by atoms with Crippen LogP contribution in [-0.2, 0) is 0 Å². The molecule has 2 fully saturated rings. The Morgan fingerprint density at radius 1 is 0.389 bits per heavy atom. The van der Waals surface area contributed by atoms with E-state index >= 15 is 0 Å². The summed E-state index contributed by atoms with van der Waals surface area (Å²) in [5.74, 6) is 4.75. The van der Waals surface area contributed by atoms with Crippen molar-refractivity contribution in [1.29, 1.82) is 0 Å². The molecule has 0 aromatic heterocycles. The van der Waals surface area contributed by atoms with E-state index in [1.165, 1.54) is 141 Å². The number of carbonyl (C=O) groups is 2. The van der Waals surface area contributed by atoms with Gasteiger partial charge >= 0.3 is 11.9 Å². The maximum atomic E-state index is 14.0. The van der Waals surface area contributed by atoms with Crippen molar-refractivity contribution < 1.29 is 28.5 Å². The molecule has 8 rings (SSSR count). The zero-order valence-electron chi connectivity index (χ0n) is 43.7. The number of esters is 2. The third-order valence-electron chi connectivity index (χ3n) is 16.0. The van der Waals surface area contributed by atoms with Gasteiger partial charge in [0.1, 0.15) is 23.0 Å². The molecular weight excluding hydrogens is 889 g/mol. The highest BCUT2D eigenvalue weighted by Gasteiger charge is 2.25. The molecule has 72 heavy (non-hydrogen) atoms. The molecule has 0 unspecified atom stereocenters. The number of hydrogen-bond donors (Lipinski definition) is 0. The summed E-state index contributed by atoms with van der Waals surface area (Å²) >= 11 is 0. The van der Waals surface area contributed by atoms with Crippen LogP contribution >= 0.6 is 0 Å². The molecule has 6 heteroatoms. The van der Waals surface area contributed by atoms with E-state index in [0.29, 0.717) is 47.0 Å². The van der Waals surface area contributed by atoms with Crippen LogP contribution in [0.2, 0.25) is 0 Å². The lowest BCUT2D eigenvalue weighted by atomic mass is 9.78. The molecule has 0 saturated heterocycles. The first-order chi connectivity index (χ1) is 35.4. The quantitative estimate of drug-likeness (QED) is 0.0291. The van der Waals surface area contributed by atoms with Gasteiger partial charge < -0.3 is 18.9 Å². The van der Waals surface area contributed by atoms with Gasteiger partial charge in [-0.05, 0) is 132 Å². The number of rotatable bonds is 27. The maximum Gasteiger partial charge on any atom is 0.343 e. The highest BCUT2D eigenvalue weighted by molar-refractivity contribution is 6.11. The lowest BCUT2D eigenvalue weighted by Crippen LogP contribution is -2.15. The number of carbonyl (C=O) groups excluding carboxylic acids is 2. The summed E-state index contributed by atoms with van der Waals surface area (Å²) < 4.78 is 25.0. The fraction of sp³-hybridized carbons (Fsp3) is 0.485. The van der Waals surface area contributed by atoms with Crippen molar-refractivity contribution in [3.63, 3.8) is 0 Å². The number of hydrogen-bond acceptors (Lipinski definition) is 6. The number of unbranched alkanes of at least 4 members (excludes halogenated alkanes) is 8. The predicted octanol–water partition coefficient (Wildman–Crippen LogP) is 18.8. The van der Waals surface area contributed by atoms with Crippen LogP contribution < -0.4 is 18.9 Å². The molecule has 0 atom stereocenters. The standard InChI is InChI=1S/C66H82O6/c1-3-5-7-9-11-19-49-27-31-51(32-28-49)21-17-47-69-57-41-35-55(36-42-57)65(67)71-61-45-39-53-23-13-15-25-59(53)63(61)64-60-26-16-14-24-54(60)40-46-62(64)72-66(68)56-37-43-58(44-38-56)70-48-18-22-52-33-29-50(30-34-52)20-12-10-8-6-4-2/h13-16,23-26,35-46,49-52H,3-12,17-22,27-34,47-48H2,1-2H3/t49-,50-,51-,52-. The van der Waals surface area contributed by atoms with Crippen LogP contribution in [0.3, 0.4) is 0 Å². The minimum absolute atomic E-state index is 0.371. The van der Waals surface area contributed by atoms with Crippen molar-refractivity contribution in [3.05, 3.63) is 132 Å². The Morgan fingerprint density at radius 2 is 0.736 bits per heavy atom. The molecule has 0 radical (unpaired) electrons. The van der Waals surface area contributed by atoms with Gasteiger partial charge in [-0.3, -0.25) is 0 Å². The van der Waals surface area contributed by atoms with Gasteiger partial charge in [-0.25, -0.2) is 9.59 Å². The zero-order chi connectivity index (χ0) is 49.7. The molecule has 2 aliphatic carbocycles. The molecule has 6 aromatic carbocycles. The molecule has 0 heterocycles. The number of benzene rings is 6. The van der Waals surface area contributed by atoms with Crippen molar-refractivity contribution in [2.45, 2.75) is 168 Å². The second-order valence-corrected chi connectivity index (χ2v) is 21.3. The van der Waals surface area contributed by atoms with Crippen molar-refractivity contribution in [3.8, 4) is 34.1 Å². The predicted molar refractivity (Wildman–Crippen MR) is 297 cm³/mol. The Morgan fingerprint density at radius 3 is 1.11 bits per heavy atom. The van der Waals surface area contributed by atoms with Crippen molar-refractivity contribution in [1.82, 2.24) is 0 Å². The average Bonchev–Trinajstić information content (AvgIpc) is 3.42.